The Labute approximate surface area is 174 Å². The predicted molar refractivity (Wildman–Crippen MR) is 114 cm³/mol. The Hall–Kier alpha value is -3.74. The third-order valence-corrected chi connectivity index (χ3v) is 5.59. The van der Waals surface area contributed by atoms with Crippen molar-refractivity contribution in [3.05, 3.63) is 71.8 Å². The lowest BCUT2D eigenvalue weighted by Gasteiger charge is -2.35. The minimum absolute atomic E-state index is 0.00214. The first-order valence-electron chi connectivity index (χ1n) is 10.0. The van der Waals surface area contributed by atoms with Crippen LogP contribution in [0.25, 0.3) is 11.3 Å². The van der Waals surface area contributed by atoms with Crippen molar-refractivity contribution in [3.8, 4) is 11.3 Å². The molecule has 3 aromatic rings. The van der Waals surface area contributed by atoms with Crippen LogP contribution in [0.4, 0.5) is 11.5 Å². The highest BCUT2D eigenvalue weighted by atomic mass is 16.2. The van der Waals surface area contributed by atoms with E-state index in [4.69, 9.17) is 0 Å². The molecule has 0 radical (unpaired) electrons. The fourth-order valence-corrected chi connectivity index (χ4v) is 3.94. The molecule has 2 aliphatic heterocycles. The molecule has 0 saturated carbocycles. The van der Waals surface area contributed by atoms with Gasteiger partial charge in [-0.3, -0.25) is 9.59 Å². The Balaban J connectivity index is 1.23. The number of benzene rings is 2. The quantitative estimate of drug-likeness (QED) is 0.733. The minimum atomic E-state index is -0.0254. The van der Waals surface area contributed by atoms with E-state index >= 15 is 0 Å². The molecule has 0 bridgehead atoms. The summed E-state index contributed by atoms with van der Waals surface area (Å²) in [7, 11) is 0. The number of aromatic nitrogens is 2. The number of hydrogen-bond donors (Lipinski definition) is 1. The van der Waals surface area contributed by atoms with Gasteiger partial charge >= 0.3 is 0 Å². The molecule has 0 atom stereocenters. The van der Waals surface area contributed by atoms with Crippen LogP contribution in [0.3, 0.4) is 0 Å². The van der Waals surface area contributed by atoms with Crippen LogP contribution in [0.2, 0.25) is 0 Å². The van der Waals surface area contributed by atoms with E-state index in [1.54, 1.807) is 6.07 Å². The monoisotopic (exact) mass is 399 g/mol. The summed E-state index contributed by atoms with van der Waals surface area (Å²) in [6.07, 6.45) is 0.335. The van der Waals surface area contributed by atoms with Gasteiger partial charge in [0.1, 0.15) is 0 Å². The highest BCUT2D eigenvalue weighted by molar-refractivity contribution is 6.01. The molecule has 1 N–H and O–H groups in total. The van der Waals surface area contributed by atoms with Gasteiger partial charge in [-0.25, -0.2) is 0 Å². The number of rotatable bonds is 3. The fourth-order valence-electron chi connectivity index (χ4n) is 3.94. The largest absolute Gasteiger partial charge is 0.352 e. The van der Waals surface area contributed by atoms with Gasteiger partial charge in [0.2, 0.25) is 5.91 Å². The third kappa shape index (κ3) is 3.50. The average molecular weight is 399 g/mol. The molecule has 5 rings (SSSR count). The molecule has 2 amide bonds. The number of fused-ring (bicyclic) bond motifs is 1. The van der Waals surface area contributed by atoms with E-state index in [0.717, 1.165) is 28.3 Å². The molecule has 1 aromatic heterocycles. The minimum Gasteiger partial charge on any atom is -0.352 e. The zero-order chi connectivity index (χ0) is 20.5. The summed E-state index contributed by atoms with van der Waals surface area (Å²) in [4.78, 5) is 28.4. The molecule has 0 aliphatic carbocycles. The first-order valence-corrected chi connectivity index (χ1v) is 10.0. The van der Waals surface area contributed by atoms with E-state index in [9.17, 15) is 9.59 Å². The lowest BCUT2D eigenvalue weighted by molar-refractivity contribution is -0.115. The van der Waals surface area contributed by atoms with E-state index < -0.39 is 0 Å². The molecular formula is C23H21N5O2. The van der Waals surface area contributed by atoms with Crippen LogP contribution >= 0.6 is 0 Å². The second-order valence-electron chi connectivity index (χ2n) is 7.52. The van der Waals surface area contributed by atoms with Gasteiger partial charge in [-0.2, -0.15) is 0 Å². The van der Waals surface area contributed by atoms with Gasteiger partial charge in [-0.15, -0.1) is 10.2 Å². The summed E-state index contributed by atoms with van der Waals surface area (Å²) >= 11 is 0. The molecule has 7 nitrogen and oxygen atoms in total. The summed E-state index contributed by atoms with van der Waals surface area (Å²) < 4.78 is 0. The van der Waals surface area contributed by atoms with Gasteiger partial charge in [-0.05, 0) is 35.9 Å². The normalized spacial score (nSPS) is 15.7. The van der Waals surface area contributed by atoms with Gasteiger partial charge in [0.25, 0.3) is 5.91 Å². The molecule has 1 fully saturated rings. The highest BCUT2D eigenvalue weighted by Gasteiger charge is 2.25. The molecule has 3 heterocycles. The Morgan fingerprint density at radius 3 is 2.43 bits per heavy atom. The van der Waals surface area contributed by atoms with Crippen molar-refractivity contribution in [2.75, 3.05) is 36.4 Å². The zero-order valence-corrected chi connectivity index (χ0v) is 16.4. The molecular weight excluding hydrogens is 378 g/mol. The van der Waals surface area contributed by atoms with Gasteiger partial charge in [0, 0.05) is 43.0 Å². The number of anilines is 2. The van der Waals surface area contributed by atoms with Crippen molar-refractivity contribution < 1.29 is 9.59 Å². The number of nitrogens with one attached hydrogen (secondary N) is 1. The maximum absolute atomic E-state index is 12.9. The summed E-state index contributed by atoms with van der Waals surface area (Å²) in [6.45, 7) is 2.65. The third-order valence-electron chi connectivity index (χ3n) is 5.59. The van der Waals surface area contributed by atoms with E-state index in [-0.39, 0.29) is 11.8 Å². The SMILES string of the molecule is O=C1Cc2cc(C(=O)N3CCN(c4ccc(-c5ccccc5)nn4)CC3)ccc2N1. The Morgan fingerprint density at radius 2 is 1.70 bits per heavy atom. The lowest BCUT2D eigenvalue weighted by Crippen LogP contribution is -2.49. The van der Waals surface area contributed by atoms with Gasteiger partial charge < -0.3 is 15.1 Å². The molecule has 0 unspecified atom stereocenters. The molecule has 7 heteroatoms. The lowest BCUT2D eigenvalue weighted by atomic mass is 10.1. The molecule has 30 heavy (non-hydrogen) atoms. The highest BCUT2D eigenvalue weighted by Crippen LogP contribution is 2.25. The number of hydrogen-bond acceptors (Lipinski definition) is 5. The van der Waals surface area contributed by atoms with Crippen LogP contribution in [0, 0.1) is 0 Å². The summed E-state index contributed by atoms with van der Waals surface area (Å²) in [5.74, 6) is 0.800. The Kier molecular flexibility index (Phi) is 4.63. The van der Waals surface area contributed by atoms with E-state index in [1.165, 1.54) is 0 Å². The molecule has 150 valence electrons. The van der Waals surface area contributed by atoms with Gasteiger partial charge in [0.05, 0.1) is 12.1 Å². The fraction of sp³-hybridized carbons (Fsp3) is 0.217. The Bertz CT molecular complexity index is 1090. The molecule has 2 aromatic carbocycles. The van der Waals surface area contributed by atoms with Crippen LogP contribution in [0.1, 0.15) is 15.9 Å². The van der Waals surface area contributed by atoms with Crippen LogP contribution < -0.4 is 10.2 Å². The molecule has 1 saturated heterocycles. The predicted octanol–water partition coefficient (Wildman–Crippen LogP) is 2.60. The van der Waals surface area contributed by atoms with Crippen molar-refractivity contribution in [2.45, 2.75) is 6.42 Å². The smallest absolute Gasteiger partial charge is 0.253 e. The van der Waals surface area contributed by atoms with Crippen molar-refractivity contribution in [2.24, 2.45) is 0 Å². The second kappa shape index (κ2) is 7.59. The summed E-state index contributed by atoms with van der Waals surface area (Å²) in [5.41, 5.74) is 4.21. The summed E-state index contributed by atoms with van der Waals surface area (Å²) in [5, 5.41) is 11.5. The van der Waals surface area contributed by atoms with Crippen LogP contribution in [-0.4, -0.2) is 53.1 Å². The number of carbonyl (C=O) groups is 2. The standard InChI is InChI=1S/C23H21N5O2/c29-22-15-18-14-17(6-7-19(18)24-22)23(30)28-12-10-27(11-13-28)21-9-8-20(25-26-21)16-4-2-1-3-5-16/h1-9,14H,10-13,15H2,(H,24,29). The van der Waals surface area contributed by atoms with Crippen molar-refractivity contribution >= 4 is 23.3 Å². The van der Waals surface area contributed by atoms with Crippen molar-refractivity contribution in [1.82, 2.24) is 15.1 Å². The number of piperazine rings is 1. The second-order valence-corrected chi connectivity index (χ2v) is 7.52. The molecule has 0 spiro atoms. The van der Waals surface area contributed by atoms with Crippen molar-refractivity contribution in [3.63, 3.8) is 0 Å². The van der Waals surface area contributed by atoms with E-state index in [0.29, 0.717) is 38.2 Å². The average Bonchev–Trinajstić information content (AvgIpc) is 3.18. The Morgan fingerprint density at radius 1 is 0.900 bits per heavy atom. The van der Waals surface area contributed by atoms with Crippen molar-refractivity contribution in [1.29, 1.82) is 0 Å². The topological polar surface area (TPSA) is 78.4 Å². The first-order chi connectivity index (χ1) is 14.7. The molecule has 2 aliphatic rings. The van der Waals surface area contributed by atoms with Crippen LogP contribution in [-0.2, 0) is 11.2 Å². The van der Waals surface area contributed by atoms with E-state index in [1.807, 2.05) is 59.5 Å². The van der Waals surface area contributed by atoms with Gasteiger partial charge in [-0.1, -0.05) is 30.3 Å². The number of carbonyl (C=O) groups excluding carboxylic acids is 2. The van der Waals surface area contributed by atoms with Crippen LogP contribution in [0.5, 0.6) is 0 Å². The first kappa shape index (κ1) is 18.3. The van der Waals surface area contributed by atoms with E-state index in [2.05, 4.69) is 20.4 Å². The number of nitrogens with zero attached hydrogens (tertiary/aromatic N) is 4. The maximum atomic E-state index is 12.9. The summed E-state index contributed by atoms with van der Waals surface area (Å²) in [6, 6.07) is 19.4. The van der Waals surface area contributed by atoms with Gasteiger partial charge in [0.15, 0.2) is 5.82 Å². The maximum Gasteiger partial charge on any atom is 0.253 e. The van der Waals surface area contributed by atoms with Crippen LogP contribution in [0.15, 0.2) is 60.7 Å². The number of amides is 2. The zero-order valence-electron chi connectivity index (χ0n) is 16.4.